The highest BCUT2D eigenvalue weighted by Crippen LogP contribution is 2.32. The van der Waals surface area contributed by atoms with E-state index in [1.165, 1.54) is 32.1 Å². The molecule has 1 atom stereocenters. The summed E-state index contributed by atoms with van der Waals surface area (Å²) >= 11 is 0. The molecule has 8 nitrogen and oxygen atoms in total. The van der Waals surface area contributed by atoms with E-state index < -0.39 is 14.9 Å². The topological polar surface area (TPSA) is 102 Å². The predicted octanol–water partition coefficient (Wildman–Crippen LogP) is 1.37. The summed E-state index contributed by atoms with van der Waals surface area (Å²) in [6, 6.07) is 4.25. The van der Waals surface area contributed by atoms with Crippen molar-refractivity contribution in [1.29, 1.82) is 0 Å². The van der Waals surface area contributed by atoms with E-state index in [0.717, 1.165) is 25.6 Å². The lowest BCUT2D eigenvalue weighted by Crippen LogP contribution is -2.31. The summed E-state index contributed by atoms with van der Waals surface area (Å²) in [5, 5.41) is 10.9. The van der Waals surface area contributed by atoms with Crippen molar-refractivity contribution in [2.75, 3.05) is 26.7 Å². The van der Waals surface area contributed by atoms with Crippen molar-refractivity contribution in [3.8, 4) is 5.75 Å². The van der Waals surface area contributed by atoms with Gasteiger partial charge in [-0.25, -0.2) is 13.1 Å². The average molecular weight is 355 g/mol. The second-order valence-corrected chi connectivity index (χ2v) is 8.06. The molecule has 0 unspecified atom stereocenters. The number of nitro benzene ring substituents is 1. The first-order valence-electron chi connectivity index (χ1n) is 7.97. The summed E-state index contributed by atoms with van der Waals surface area (Å²) in [4.78, 5) is 12.5. The summed E-state index contributed by atoms with van der Waals surface area (Å²) in [7, 11) is -2.53. The van der Waals surface area contributed by atoms with E-state index in [9.17, 15) is 18.5 Å². The smallest absolute Gasteiger partial charge is 0.271 e. The van der Waals surface area contributed by atoms with Crippen LogP contribution in [0.1, 0.15) is 19.3 Å². The standard InChI is InChI=1S/C15H21N3O5S/c1-23-14-5-4-13(18(19)20)8-15(14)24(21,22)16-9-11-6-7-17(10-11)12-2-3-12/h4-5,8,11-12,16H,2-3,6-7,9-10H2,1H3/t11-/m1/s1. The highest BCUT2D eigenvalue weighted by Gasteiger charge is 2.35. The van der Waals surface area contributed by atoms with Gasteiger partial charge in [0, 0.05) is 31.3 Å². The summed E-state index contributed by atoms with van der Waals surface area (Å²) < 4.78 is 32.7. The lowest BCUT2D eigenvalue weighted by Gasteiger charge is -2.16. The van der Waals surface area contributed by atoms with Gasteiger partial charge in [0.15, 0.2) is 0 Å². The molecular weight excluding hydrogens is 334 g/mol. The highest BCUT2D eigenvalue weighted by atomic mass is 32.2. The molecule has 0 spiro atoms. The van der Waals surface area contributed by atoms with Crippen molar-refractivity contribution in [2.24, 2.45) is 5.92 Å². The first kappa shape index (κ1) is 17.1. The van der Waals surface area contributed by atoms with E-state index in [1.54, 1.807) is 0 Å². The molecule has 1 saturated heterocycles. The minimum absolute atomic E-state index is 0.0964. The Hall–Kier alpha value is -1.71. The van der Waals surface area contributed by atoms with Gasteiger partial charge in [0.2, 0.25) is 10.0 Å². The molecule has 2 fully saturated rings. The maximum absolute atomic E-state index is 12.5. The number of hydrogen-bond acceptors (Lipinski definition) is 6. The SMILES string of the molecule is COc1ccc([N+](=O)[O-])cc1S(=O)(=O)NC[C@H]1CCN(C2CC2)C1. The van der Waals surface area contributed by atoms with Crippen molar-refractivity contribution in [1.82, 2.24) is 9.62 Å². The van der Waals surface area contributed by atoms with Gasteiger partial charge in [-0.1, -0.05) is 0 Å². The number of likely N-dealkylation sites (tertiary alicyclic amines) is 1. The van der Waals surface area contributed by atoms with Gasteiger partial charge in [0.25, 0.3) is 5.69 Å². The predicted molar refractivity (Wildman–Crippen MR) is 87.5 cm³/mol. The van der Waals surface area contributed by atoms with Gasteiger partial charge in [-0.2, -0.15) is 0 Å². The van der Waals surface area contributed by atoms with Crippen LogP contribution in [0, 0.1) is 16.0 Å². The zero-order valence-electron chi connectivity index (χ0n) is 13.5. The van der Waals surface area contributed by atoms with Crippen molar-refractivity contribution >= 4 is 15.7 Å². The molecule has 1 aromatic carbocycles. The van der Waals surface area contributed by atoms with Crippen molar-refractivity contribution in [2.45, 2.75) is 30.2 Å². The molecule has 1 heterocycles. The first-order chi connectivity index (χ1) is 11.4. The van der Waals surface area contributed by atoms with Crippen molar-refractivity contribution in [3.63, 3.8) is 0 Å². The molecule has 0 radical (unpaired) electrons. The minimum atomic E-state index is -3.87. The molecule has 0 bridgehead atoms. The largest absolute Gasteiger partial charge is 0.495 e. The molecule has 0 amide bonds. The van der Waals surface area contributed by atoms with Gasteiger partial charge >= 0.3 is 0 Å². The van der Waals surface area contributed by atoms with Crippen LogP contribution >= 0.6 is 0 Å². The molecule has 1 N–H and O–H groups in total. The fourth-order valence-electron chi connectivity index (χ4n) is 3.09. The third kappa shape index (κ3) is 3.68. The number of nitro groups is 1. The zero-order valence-corrected chi connectivity index (χ0v) is 14.3. The quantitative estimate of drug-likeness (QED) is 0.585. The summed E-state index contributed by atoms with van der Waals surface area (Å²) in [6.07, 6.45) is 3.44. The molecule has 132 valence electrons. The van der Waals surface area contributed by atoms with Gasteiger partial charge in [0.05, 0.1) is 12.0 Å². The molecule has 1 aromatic rings. The van der Waals surface area contributed by atoms with E-state index in [1.807, 2.05) is 0 Å². The van der Waals surface area contributed by atoms with Crippen LogP contribution in [0.5, 0.6) is 5.75 Å². The molecule has 3 rings (SSSR count). The molecule has 9 heteroatoms. The fraction of sp³-hybridized carbons (Fsp3) is 0.600. The number of non-ortho nitro benzene ring substituents is 1. The monoisotopic (exact) mass is 355 g/mol. The Bertz CT molecular complexity index is 733. The van der Waals surface area contributed by atoms with E-state index in [4.69, 9.17) is 4.74 Å². The number of hydrogen-bond donors (Lipinski definition) is 1. The third-order valence-electron chi connectivity index (χ3n) is 4.59. The molecule has 1 aliphatic carbocycles. The molecule has 24 heavy (non-hydrogen) atoms. The number of methoxy groups -OCH3 is 1. The van der Waals surface area contributed by atoms with E-state index in [2.05, 4.69) is 9.62 Å². The molecular formula is C15H21N3O5S. The Labute approximate surface area is 141 Å². The number of rotatable bonds is 7. The van der Waals surface area contributed by atoms with Gasteiger partial charge in [0.1, 0.15) is 10.6 Å². The van der Waals surface area contributed by atoms with Gasteiger partial charge in [-0.3, -0.25) is 10.1 Å². The van der Waals surface area contributed by atoms with E-state index >= 15 is 0 Å². The Balaban J connectivity index is 1.70. The van der Waals surface area contributed by atoms with Crippen molar-refractivity contribution < 1.29 is 18.1 Å². The van der Waals surface area contributed by atoms with Crippen LogP contribution in [0.2, 0.25) is 0 Å². The van der Waals surface area contributed by atoms with Crippen LogP contribution in [0.15, 0.2) is 23.1 Å². The number of nitrogens with zero attached hydrogens (tertiary/aromatic N) is 2. The van der Waals surface area contributed by atoms with E-state index in [0.29, 0.717) is 12.6 Å². The summed E-state index contributed by atoms with van der Waals surface area (Å²) in [5.74, 6) is 0.365. The van der Waals surface area contributed by atoms with E-state index in [-0.39, 0.29) is 22.3 Å². The molecule has 2 aliphatic rings. The van der Waals surface area contributed by atoms with Gasteiger partial charge in [-0.15, -0.1) is 0 Å². The zero-order chi connectivity index (χ0) is 17.3. The number of benzene rings is 1. The van der Waals surface area contributed by atoms with Crippen LogP contribution in [0.4, 0.5) is 5.69 Å². The Morgan fingerprint density at radius 1 is 1.38 bits per heavy atom. The Morgan fingerprint density at radius 3 is 2.75 bits per heavy atom. The second-order valence-electron chi connectivity index (χ2n) is 6.32. The normalized spacial score (nSPS) is 21.8. The van der Waals surface area contributed by atoms with Crippen LogP contribution in [-0.4, -0.2) is 51.0 Å². The van der Waals surface area contributed by atoms with Crippen LogP contribution in [0.25, 0.3) is 0 Å². The first-order valence-corrected chi connectivity index (χ1v) is 9.45. The Morgan fingerprint density at radius 2 is 2.12 bits per heavy atom. The number of sulfonamides is 1. The number of ether oxygens (including phenoxy) is 1. The highest BCUT2D eigenvalue weighted by molar-refractivity contribution is 7.89. The maximum Gasteiger partial charge on any atom is 0.271 e. The molecule has 1 saturated carbocycles. The number of nitrogens with one attached hydrogen (secondary N) is 1. The fourth-order valence-corrected chi connectivity index (χ4v) is 4.40. The Kier molecular flexibility index (Phi) is 4.75. The lowest BCUT2D eigenvalue weighted by atomic mass is 10.1. The maximum atomic E-state index is 12.5. The molecule has 1 aliphatic heterocycles. The van der Waals surface area contributed by atoms with Crippen LogP contribution in [0.3, 0.4) is 0 Å². The summed E-state index contributed by atoms with van der Waals surface area (Å²) in [5.41, 5.74) is -0.281. The minimum Gasteiger partial charge on any atom is -0.495 e. The van der Waals surface area contributed by atoms with Crippen molar-refractivity contribution in [3.05, 3.63) is 28.3 Å². The average Bonchev–Trinajstić information content (AvgIpc) is 3.31. The molecule has 0 aromatic heterocycles. The summed E-state index contributed by atoms with van der Waals surface area (Å²) in [6.45, 7) is 2.24. The van der Waals surface area contributed by atoms with Gasteiger partial charge < -0.3 is 9.64 Å². The second kappa shape index (κ2) is 6.66. The third-order valence-corrected chi connectivity index (χ3v) is 6.03. The van der Waals surface area contributed by atoms with Crippen LogP contribution < -0.4 is 9.46 Å². The van der Waals surface area contributed by atoms with Crippen LogP contribution in [-0.2, 0) is 10.0 Å². The lowest BCUT2D eigenvalue weighted by molar-refractivity contribution is -0.385. The van der Waals surface area contributed by atoms with Gasteiger partial charge in [-0.05, 0) is 37.8 Å².